The first kappa shape index (κ1) is 24.7. The Balaban J connectivity index is 0.000000183. The minimum absolute atomic E-state index is 0.530. The number of piperidine rings is 2. The summed E-state index contributed by atoms with van der Waals surface area (Å²) in [5.41, 5.74) is 4.55. The van der Waals surface area contributed by atoms with Crippen molar-refractivity contribution in [1.29, 1.82) is 10.5 Å². The van der Waals surface area contributed by atoms with E-state index in [0.29, 0.717) is 10.6 Å². The molecule has 2 aromatic carbocycles. The summed E-state index contributed by atoms with van der Waals surface area (Å²) in [6.45, 7) is 8.56. The van der Waals surface area contributed by atoms with Crippen molar-refractivity contribution in [3.63, 3.8) is 0 Å². The fourth-order valence-corrected chi connectivity index (χ4v) is 4.04. The second kappa shape index (κ2) is 13.7. The van der Waals surface area contributed by atoms with Crippen LogP contribution in [0, 0.1) is 36.5 Å². The molecule has 0 radical (unpaired) electrons. The Morgan fingerprint density at radius 2 is 1.32 bits per heavy atom. The Morgan fingerprint density at radius 3 is 1.77 bits per heavy atom. The molecule has 2 fully saturated rings. The largest absolute Gasteiger partial charge is 0.370 e. The summed E-state index contributed by atoms with van der Waals surface area (Å²) in [5.74, 6) is 0. The lowest BCUT2D eigenvalue weighted by atomic mass is 10.0. The third-order valence-corrected chi connectivity index (χ3v) is 5.92. The summed E-state index contributed by atoms with van der Waals surface area (Å²) in [6, 6.07) is 15.9. The number of benzene rings is 2. The number of anilines is 1. The van der Waals surface area contributed by atoms with Crippen LogP contribution >= 0.6 is 11.6 Å². The average Bonchev–Trinajstić information content (AvgIpc) is 2.82. The molecular formula is C26H33ClN4. The Morgan fingerprint density at radius 1 is 0.774 bits per heavy atom. The van der Waals surface area contributed by atoms with Crippen molar-refractivity contribution in [3.8, 4) is 12.1 Å². The molecule has 1 N–H and O–H groups in total. The molecule has 2 heterocycles. The second-order valence-corrected chi connectivity index (χ2v) is 8.39. The molecule has 31 heavy (non-hydrogen) atoms. The van der Waals surface area contributed by atoms with Crippen LogP contribution in [0.3, 0.4) is 0 Å². The number of halogens is 1. The number of nitrogens with zero attached hydrogens (tertiary/aromatic N) is 3. The standard InChI is InChI=1S/C13H16N2.C8H6ClN.C5H11N/c1-11-6-5-7-13(12(11)10-14)15-8-3-2-4-9-15;1-6-3-2-4-8(9)7(6)5-10;1-2-4-6-5-3-1/h5-7H,2-4,8-9H2,1H3;2-4H,1H3;6H,1-5H2. The van der Waals surface area contributed by atoms with Gasteiger partial charge in [-0.05, 0) is 82.3 Å². The van der Waals surface area contributed by atoms with Gasteiger partial charge in [-0.15, -0.1) is 0 Å². The molecule has 2 saturated heterocycles. The molecule has 0 aromatic heterocycles. The molecule has 2 aliphatic rings. The van der Waals surface area contributed by atoms with E-state index in [-0.39, 0.29) is 0 Å². The molecule has 0 amide bonds. The Labute approximate surface area is 192 Å². The number of nitrogens with one attached hydrogen (secondary N) is 1. The van der Waals surface area contributed by atoms with Crippen LogP contribution in [0.5, 0.6) is 0 Å². The van der Waals surface area contributed by atoms with Crippen molar-refractivity contribution < 1.29 is 0 Å². The van der Waals surface area contributed by atoms with Gasteiger partial charge in [-0.3, -0.25) is 0 Å². The monoisotopic (exact) mass is 436 g/mol. The lowest BCUT2D eigenvalue weighted by molar-refractivity contribution is 0.520. The molecule has 2 aliphatic heterocycles. The normalized spacial score (nSPS) is 15.3. The van der Waals surface area contributed by atoms with E-state index in [9.17, 15) is 0 Å². The third kappa shape index (κ3) is 7.91. The SMILES string of the molecule is C1CCNCC1.Cc1cccc(Cl)c1C#N.Cc1cccc(N2CCCCC2)c1C#N. The molecule has 4 nitrogen and oxygen atoms in total. The number of hydrogen-bond donors (Lipinski definition) is 1. The van der Waals surface area contributed by atoms with Gasteiger partial charge >= 0.3 is 0 Å². The molecule has 5 heteroatoms. The Kier molecular flexibility index (Phi) is 10.9. The van der Waals surface area contributed by atoms with E-state index in [1.165, 1.54) is 51.6 Å². The van der Waals surface area contributed by atoms with Crippen molar-refractivity contribution in [3.05, 3.63) is 63.7 Å². The molecule has 0 spiro atoms. The van der Waals surface area contributed by atoms with E-state index in [0.717, 1.165) is 35.5 Å². The predicted octanol–water partition coefficient (Wildman–Crippen LogP) is 6.14. The summed E-state index contributed by atoms with van der Waals surface area (Å²) in [6.07, 6.45) is 8.04. The zero-order chi connectivity index (χ0) is 22.5. The van der Waals surface area contributed by atoms with Crippen molar-refractivity contribution in [2.24, 2.45) is 0 Å². The molecule has 4 rings (SSSR count). The highest BCUT2D eigenvalue weighted by Crippen LogP contribution is 2.25. The molecule has 0 saturated carbocycles. The number of rotatable bonds is 1. The predicted molar refractivity (Wildman–Crippen MR) is 130 cm³/mol. The van der Waals surface area contributed by atoms with Crippen LogP contribution in [0.1, 0.15) is 60.8 Å². The topological polar surface area (TPSA) is 62.9 Å². The van der Waals surface area contributed by atoms with Gasteiger partial charge in [-0.1, -0.05) is 42.3 Å². The average molecular weight is 437 g/mol. The van der Waals surface area contributed by atoms with Crippen molar-refractivity contribution in [2.75, 3.05) is 31.1 Å². The molecule has 0 bridgehead atoms. The van der Waals surface area contributed by atoms with Gasteiger partial charge in [0.1, 0.15) is 12.1 Å². The van der Waals surface area contributed by atoms with Crippen LogP contribution in [-0.2, 0) is 0 Å². The first-order valence-corrected chi connectivity index (χ1v) is 11.6. The lowest BCUT2D eigenvalue weighted by Crippen LogP contribution is -2.30. The van der Waals surface area contributed by atoms with Crippen molar-refractivity contribution >= 4 is 17.3 Å². The van der Waals surface area contributed by atoms with Gasteiger partial charge in [0.25, 0.3) is 0 Å². The zero-order valence-corrected chi connectivity index (χ0v) is 19.5. The maximum absolute atomic E-state index is 9.15. The van der Waals surface area contributed by atoms with E-state index >= 15 is 0 Å². The van der Waals surface area contributed by atoms with Gasteiger partial charge in [0.05, 0.1) is 21.8 Å². The van der Waals surface area contributed by atoms with Gasteiger partial charge in [-0.2, -0.15) is 10.5 Å². The van der Waals surface area contributed by atoms with Crippen LogP contribution in [0.2, 0.25) is 5.02 Å². The molecule has 164 valence electrons. The van der Waals surface area contributed by atoms with Crippen molar-refractivity contribution in [1.82, 2.24) is 5.32 Å². The first-order valence-electron chi connectivity index (χ1n) is 11.2. The van der Waals surface area contributed by atoms with Crippen LogP contribution in [-0.4, -0.2) is 26.2 Å². The van der Waals surface area contributed by atoms with Crippen LogP contribution in [0.25, 0.3) is 0 Å². The zero-order valence-electron chi connectivity index (χ0n) is 18.8. The minimum atomic E-state index is 0.530. The fraction of sp³-hybridized carbons (Fsp3) is 0.462. The number of aryl methyl sites for hydroxylation is 2. The smallest absolute Gasteiger partial charge is 0.102 e. The van der Waals surface area contributed by atoms with Crippen LogP contribution in [0.15, 0.2) is 36.4 Å². The molecular weight excluding hydrogens is 404 g/mol. The first-order chi connectivity index (χ1) is 15.1. The number of nitriles is 2. The third-order valence-electron chi connectivity index (χ3n) is 5.60. The summed E-state index contributed by atoms with van der Waals surface area (Å²) < 4.78 is 0. The Bertz CT molecular complexity index is 869. The summed E-state index contributed by atoms with van der Waals surface area (Å²) in [7, 11) is 0. The second-order valence-electron chi connectivity index (χ2n) is 7.98. The molecule has 0 unspecified atom stereocenters. The Hall–Kier alpha value is -2.53. The van der Waals surface area contributed by atoms with Gasteiger partial charge in [0.2, 0.25) is 0 Å². The molecule has 0 aliphatic carbocycles. The summed E-state index contributed by atoms with van der Waals surface area (Å²) >= 11 is 5.71. The van der Waals surface area contributed by atoms with Gasteiger partial charge in [0, 0.05) is 13.1 Å². The van der Waals surface area contributed by atoms with E-state index in [1.807, 2.05) is 44.2 Å². The summed E-state index contributed by atoms with van der Waals surface area (Å²) in [5, 5.41) is 21.5. The fourth-order valence-electron chi connectivity index (χ4n) is 3.77. The maximum Gasteiger partial charge on any atom is 0.102 e. The maximum atomic E-state index is 9.15. The van der Waals surface area contributed by atoms with Crippen LogP contribution in [0.4, 0.5) is 5.69 Å². The highest BCUT2D eigenvalue weighted by molar-refractivity contribution is 6.31. The molecule has 2 aromatic rings. The quantitative estimate of drug-likeness (QED) is 0.583. The van der Waals surface area contributed by atoms with Gasteiger partial charge in [0.15, 0.2) is 0 Å². The van der Waals surface area contributed by atoms with E-state index < -0.39 is 0 Å². The van der Waals surface area contributed by atoms with Crippen LogP contribution < -0.4 is 10.2 Å². The minimum Gasteiger partial charge on any atom is -0.370 e. The van der Waals surface area contributed by atoms with E-state index in [4.69, 9.17) is 22.1 Å². The molecule has 0 atom stereocenters. The van der Waals surface area contributed by atoms with E-state index in [1.54, 1.807) is 6.07 Å². The highest BCUT2D eigenvalue weighted by Gasteiger charge is 2.15. The van der Waals surface area contributed by atoms with Crippen molar-refractivity contribution in [2.45, 2.75) is 52.4 Å². The van der Waals surface area contributed by atoms with Gasteiger partial charge < -0.3 is 10.2 Å². The number of hydrogen-bond acceptors (Lipinski definition) is 4. The highest BCUT2D eigenvalue weighted by atomic mass is 35.5. The van der Waals surface area contributed by atoms with Gasteiger partial charge in [-0.25, -0.2) is 0 Å². The summed E-state index contributed by atoms with van der Waals surface area (Å²) in [4.78, 5) is 2.34. The van der Waals surface area contributed by atoms with E-state index in [2.05, 4.69) is 22.4 Å². The lowest BCUT2D eigenvalue weighted by Gasteiger charge is -2.29.